The van der Waals surface area contributed by atoms with Crippen molar-refractivity contribution in [1.82, 2.24) is 4.98 Å². The van der Waals surface area contributed by atoms with Crippen molar-refractivity contribution >= 4 is 11.7 Å². The molecule has 5 N–H and O–H groups in total. The molecule has 28 heavy (non-hydrogen) atoms. The van der Waals surface area contributed by atoms with Crippen molar-refractivity contribution in [2.24, 2.45) is 17.6 Å². The van der Waals surface area contributed by atoms with Gasteiger partial charge in [-0.1, -0.05) is 13.0 Å². The number of H-pyrrole nitrogens is 1. The fourth-order valence-electron chi connectivity index (χ4n) is 5.02. The zero-order valence-electron chi connectivity index (χ0n) is 15.6. The molecule has 7 heteroatoms. The number of hydrogen-bond donors (Lipinski definition) is 4. The largest absolute Gasteiger partial charge is 0.506 e. The molecule has 2 heterocycles. The maximum absolute atomic E-state index is 12.3. The Kier molecular flexibility index (Phi) is 3.61. The number of anilines is 1. The van der Waals surface area contributed by atoms with Crippen LogP contribution in [0.15, 0.2) is 23.0 Å². The molecule has 2 aromatic rings. The zero-order chi connectivity index (χ0) is 19.7. The highest BCUT2D eigenvalue weighted by molar-refractivity contribution is 5.92. The number of aromatic carboxylic acids is 1. The Morgan fingerprint density at radius 1 is 1.29 bits per heavy atom. The van der Waals surface area contributed by atoms with E-state index >= 15 is 0 Å². The van der Waals surface area contributed by atoms with Gasteiger partial charge in [-0.3, -0.25) is 4.79 Å². The molecule has 1 saturated heterocycles. The van der Waals surface area contributed by atoms with Crippen molar-refractivity contribution in [3.8, 4) is 17.0 Å². The van der Waals surface area contributed by atoms with Crippen molar-refractivity contribution in [2.75, 3.05) is 18.0 Å². The van der Waals surface area contributed by atoms with E-state index in [1.54, 1.807) is 0 Å². The predicted molar refractivity (Wildman–Crippen MR) is 105 cm³/mol. The van der Waals surface area contributed by atoms with Gasteiger partial charge in [0, 0.05) is 35.9 Å². The molecule has 4 atom stereocenters. The fourth-order valence-corrected chi connectivity index (χ4v) is 5.02. The van der Waals surface area contributed by atoms with E-state index in [1.165, 1.54) is 0 Å². The number of carboxylic acids is 1. The van der Waals surface area contributed by atoms with Crippen LogP contribution in [0.2, 0.25) is 0 Å². The number of aromatic amines is 1. The van der Waals surface area contributed by atoms with E-state index in [0.29, 0.717) is 29.1 Å². The maximum atomic E-state index is 12.3. The van der Waals surface area contributed by atoms with Crippen LogP contribution in [0.1, 0.15) is 40.7 Å². The third-order valence-electron chi connectivity index (χ3n) is 6.76. The highest BCUT2D eigenvalue weighted by atomic mass is 16.4. The first-order chi connectivity index (χ1) is 13.4. The molecule has 0 bridgehead atoms. The lowest BCUT2D eigenvalue weighted by molar-refractivity contribution is 0.0691. The Morgan fingerprint density at radius 2 is 2.00 bits per heavy atom. The zero-order valence-corrected chi connectivity index (χ0v) is 15.6. The number of aromatic hydroxyl groups is 1. The third-order valence-corrected chi connectivity index (χ3v) is 6.76. The van der Waals surface area contributed by atoms with Gasteiger partial charge in [0.25, 0.3) is 5.56 Å². The molecule has 1 saturated carbocycles. The van der Waals surface area contributed by atoms with Crippen LogP contribution in [-0.2, 0) is 6.42 Å². The summed E-state index contributed by atoms with van der Waals surface area (Å²) in [4.78, 5) is 28.8. The van der Waals surface area contributed by atoms with E-state index in [0.717, 1.165) is 42.7 Å². The predicted octanol–water partition coefficient (Wildman–Crippen LogP) is 1.89. The van der Waals surface area contributed by atoms with Crippen molar-refractivity contribution in [2.45, 2.75) is 31.7 Å². The molecule has 2 aliphatic carbocycles. The lowest BCUT2D eigenvalue weighted by atomic mass is 9.93. The summed E-state index contributed by atoms with van der Waals surface area (Å²) in [5.41, 5.74) is 8.84. The molecule has 3 aliphatic rings. The summed E-state index contributed by atoms with van der Waals surface area (Å²) in [5, 5.41) is 19.9. The van der Waals surface area contributed by atoms with Crippen molar-refractivity contribution in [3.63, 3.8) is 0 Å². The molecule has 5 rings (SSSR count). The summed E-state index contributed by atoms with van der Waals surface area (Å²) < 4.78 is 0. The second-order valence-corrected chi connectivity index (χ2v) is 8.36. The van der Waals surface area contributed by atoms with E-state index in [9.17, 15) is 19.8 Å². The maximum Gasteiger partial charge on any atom is 0.345 e. The summed E-state index contributed by atoms with van der Waals surface area (Å²) in [6, 6.07) is 6.52. The minimum atomic E-state index is -1.42. The van der Waals surface area contributed by atoms with E-state index in [4.69, 9.17) is 5.73 Å². The second kappa shape index (κ2) is 5.85. The topological polar surface area (TPSA) is 120 Å². The van der Waals surface area contributed by atoms with Gasteiger partial charge in [0.15, 0.2) is 5.56 Å². The van der Waals surface area contributed by atoms with Gasteiger partial charge in [0.1, 0.15) is 5.75 Å². The number of carbonyl (C=O) groups is 1. The number of aromatic nitrogens is 1. The summed E-state index contributed by atoms with van der Waals surface area (Å²) in [7, 11) is 0. The van der Waals surface area contributed by atoms with E-state index in [-0.39, 0.29) is 5.92 Å². The average molecular weight is 381 g/mol. The molecule has 1 aromatic heterocycles. The van der Waals surface area contributed by atoms with Crippen LogP contribution < -0.4 is 16.2 Å². The van der Waals surface area contributed by atoms with Crippen LogP contribution in [-0.4, -0.2) is 40.3 Å². The molecular weight excluding hydrogens is 358 g/mol. The van der Waals surface area contributed by atoms with Crippen LogP contribution in [0, 0.1) is 11.8 Å². The lowest BCUT2D eigenvalue weighted by Gasteiger charge is -2.23. The third kappa shape index (κ3) is 2.39. The monoisotopic (exact) mass is 381 g/mol. The quantitative estimate of drug-likeness (QED) is 0.631. The van der Waals surface area contributed by atoms with Crippen LogP contribution in [0.25, 0.3) is 11.3 Å². The first-order valence-electron chi connectivity index (χ1n) is 9.73. The number of aryl methyl sites for hydroxylation is 1. The first kappa shape index (κ1) is 17.3. The second-order valence-electron chi connectivity index (χ2n) is 8.36. The Morgan fingerprint density at radius 3 is 2.68 bits per heavy atom. The van der Waals surface area contributed by atoms with Crippen molar-refractivity contribution < 1.29 is 15.0 Å². The van der Waals surface area contributed by atoms with Gasteiger partial charge in [-0.25, -0.2) is 4.79 Å². The van der Waals surface area contributed by atoms with Crippen molar-refractivity contribution in [1.29, 1.82) is 0 Å². The number of benzene rings is 1. The van der Waals surface area contributed by atoms with E-state index in [1.807, 2.05) is 19.1 Å². The molecule has 1 aromatic carbocycles. The normalized spacial score (nSPS) is 27.6. The summed E-state index contributed by atoms with van der Waals surface area (Å²) in [6.45, 7) is 3.92. The van der Waals surface area contributed by atoms with E-state index < -0.39 is 22.8 Å². The Bertz CT molecular complexity index is 1050. The minimum absolute atomic E-state index is 0.0711. The number of piperidine rings is 1. The minimum Gasteiger partial charge on any atom is -0.506 e. The SMILES string of the molecule is CC1CCc2cc(N3C[C@@H]4[C@@H](N)[C@@H]4C3)ccc2-c2[nH]c(=O)c(C(=O)O)c(O)c21. The molecule has 7 nitrogen and oxygen atoms in total. The van der Waals surface area contributed by atoms with Crippen LogP contribution in [0.5, 0.6) is 5.75 Å². The van der Waals surface area contributed by atoms with Crippen molar-refractivity contribution in [3.05, 3.63) is 45.2 Å². The number of rotatable bonds is 2. The standard InChI is InChI=1S/C21H23N3O4/c1-9-2-3-10-6-11(24-7-13-14(8-24)17(13)22)4-5-12(10)18-15(9)19(25)16(21(27)28)20(26)23-18/h4-6,9,13-14,17H,2-3,7-8,22H2,1H3,(H,27,28)(H2,23,25,26)/t9?,13-,14+,17+. The van der Waals surface area contributed by atoms with Gasteiger partial charge >= 0.3 is 5.97 Å². The molecule has 0 radical (unpaired) electrons. The number of pyridine rings is 1. The smallest absolute Gasteiger partial charge is 0.345 e. The Hall–Kier alpha value is -2.80. The highest BCUT2D eigenvalue weighted by Crippen LogP contribution is 2.47. The number of nitrogens with two attached hydrogens (primary N) is 1. The van der Waals surface area contributed by atoms with Gasteiger partial charge in [-0.2, -0.15) is 0 Å². The Labute approximate surface area is 161 Å². The van der Waals surface area contributed by atoms with E-state index in [2.05, 4.69) is 16.0 Å². The lowest BCUT2D eigenvalue weighted by Crippen LogP contribution is -2.28. The van der Waals surface area contributed by atoms with Gasteiger partial charge in [0.2, 0.25) is 0 Å². The van der Waals surface area contributed by atoms with Gasteiger partial charge in [-0.05, 0) is 48.3 Å². The fraction of sp³-hybridized carbons (Fsp3) is 0.429. The molecule has 2 fully saturated rings. The summed E-state index contributed by atoms with van der Waals surface area (Å²) in [5.74, 6) is -0.702. The average Bonchev–Trinajstić information content (AvgIpc) is 3.08. The molecule has 1 unspecified atom stereocenters. The van der Waals surface area contributed by atoms with Gasteiger partial charge < -0.3 is 25.8 Å². The summed E-state index contributed by atoms with van der Waals surface area (Å²) >= 11 is 0. The number of nitrogens with zero attached hydrogens (tertiary/aromatic N) is 1. The van der Waals surface area contributed by atoms with Gasteiger partial charge in [-0.15, -0.1) is 0 Å². The van der Waals surface area contributed by atoms with Crippen LogP contribution >= 0.6 is 0 Å². The molecule has 0 amide bonds. The Balaban J connectivity index is 1.60. The molecule has 146 valence electrons. The summed E-state index contributed by atoms with van der Waals surface area (Å²) in [6.07, 6.45) is 1.56. The molecular formula is C21H23N3O4. The van der Waals surface area contributed by atoms with Crippen LogP contribution in [0.4, 0.5) is 5.69 Å². The molecule has 0 spiro atoms. The number of hydrogen-bond acceptors (Lipinski definition) is 5. The van der Waals surface area contributed by atoms with Crippen LogP contribution in [0.3, 0.4) is 0 Å². The van der Waals surface area contributed by atoms with Gasteiger partial charge in [0.05, 0.1) is 5.69 Å². The number of fused-ring (bicyclic) bond motifs is 4. The number of carboxylic acid groups (broad SMARTS) is 1. The first-order valence-corrected chi connectivity index (χ1v) is 9.73. The molecule has 1 aliphatic heterocycles. The number of nitrogens with one attached hydrogen (secondary N) is 1. The highest BCUT2D eigenvalue weighted by Gasteiger charge is 2.53.